The number of anilines is 1. The smallest absolute Gasteiger partial charge is 0.306 e. The molecule has 8 nitrogen and oxygen atoms in total. The molecule has 0 bridgehead atoms. The van der Waals surface area contributed by atoms with Gasteiger partial charge in [-0.15, -0.1) is 0 Å². The van der Waals surface area contributed by atoms with E-state index in [1.807, 2.05) is 17.1 Å². The topological polar surface area (TPSA) is 102 Å². The lowest BCUT2D eigenvalue weighted by molar-refractivity contribution is -0.142. The summed E-state index contributed by atoms with van der Waals surface area (Å²) in [5.41, 5.74) is 3.68. The van der Waals surface area contributed by atoms with Gasteiger partial charge in [0.05, 0.1) is 28.9 Å². The number of aliphatic carboxylic acids is 1. The van der Waals surface area contributed by atoms with Crippen LogP contribution in [0.25, 0.3) is 11.0 Å². The molecule has 2 aromatic heterocycles. The van der Waals surface area contributed by atoms with Gasteiger partial charge in [0.1, 0.15) is 5.60 Å². The van der Waals surface area contributed by atoms with Crippen molar-refractivity contribution in [3.63, 3.8) is 0 Å². The Kier molecular flexibility index (Phi) is 4.87. The highest BCUT2D eigenvalue weighted by Crippen LogP contribution is 2.42. The van der Waals surface area contributed by atoms with Crippen molar-refractivity contribution in [3.8, 4) is 0 Å². The number of hydrogen-bond donors (Lipinski definition) is 2. The predicted octanol–water partition coefficient (Wildman–Crippen LogP) is 3.94. The zero-order valence-corrected chi connectivity index (χ0v) is 17.4. The van der Waals surface area contributed by atoms with Crippen LogP contribution in [0, 0.1) is 5.92 Å². The molecule has 2 aliphatic carbocycles. The first-order chi connectivity index (χ1) is 14.6. The van der Waals surface area contributed by atoms with Crippen molar-refractivity contribution in [1.82, 2.24) is 14.8 Å². The third-order valence-electron chi connectivity index (χ3n) is 7.06. The lowest BCUT2D eigenvalue weighted by Crippen LogP contribution is -2.30. The molecule has 0 saturated heterocycles. The van der Waals surface area contributed by atoms with Crippen LogP contribution in [0.15, 0.2) is 17.5 Å². The number of oxime groups is 1. The normalized spacial score (nSPS) is 25.4. The monoisotopic (exact) mass is 411 g/mol. The molecular formula is C22H29N5O3. The molecule has 2 aromatic rings. The molecule has 3 heterocycles. The minimum absolute atomic E-state index is 0.130. The van der Waals surface area contributed by atoms with Crippen LogP contribution in [-0.2, 0) is 16.2 Å². The molecule has 0 amide bonds. The summed E-state index contributed by atoms with van der Waals surface area (Å²) in [7, 11) is 0. The maximum absolute atomic E-state index is 11.3. The molecule has 2 fully saturated rings. The summed E-state index contributed by atoms with van der Waals surface area (Å²) >= 11 is 0. The van der Waals surface area contributed by atoms with Gasteiger partial charge in [-0.05, 0) is 58.3 Å². The lowest BCUT2D eigenvalue weighted by atomic mass is 9.85. The fourth-order valence-corrected chi connectivity index (χ4v) is 5.27. The van der Waals surface area contributed by atoms with Crippen molar-refractivity contribution in [3.05, 3.63) is 18.0 Å². The van der Waals surface area contributed by atoms with Crippen molar-refractivity contribution in [2.24, 2.45) is 11.1 Å². The van der Waals surface area contributed by atoms with E-state index in [-0.39, 0.29) is 17.6 Å². The molecule has 0 atom stereocenters. The number of carboxylic acids is 1. The van der Waals surface area contributed by atoms with E-state index in [0.29, 0.717) is 12.8 Å². The maximum atomic E-state index is 11.3. The van der Waals surface area contributed by atoms with Crippen molar-refractivity contribution in [2.45, 2.75) is 82.9 Å². The number of nitrogens with zero attached hydrogens (tertiary/aromatic N) is 4. The van der Waals surface area contributed by atoms with Gasteiger partial charge in [-0.25, -0.2) is 9.67 Å². The second-order valence-corrected chi connectivity index (χ2v) is 8.97. The minimum atomic E-state index is -0.677. The number of aromatic nitrogens is 3. The van der Waals surface area contributed by atoms with E-state index in [1.54, 1.807) is 0 Å². The van der Waals surface area contributed by atoms with E-state index in [9.17, 15) is 9.90 Å². The number of aryl methyl sites for hydroxylation is 1. The Labute approximate surface area is 175 Å². The average molecular weight is 412 g/mol. The number of fused-ring (bicyclic) bond motifs is 1. The molecule has 0 aromatic carbocycles. The van der Waals surface area contributed by atoms with Crippen molar-refractivity contribution >= 4 is 28.4 Å². The van der Waals surface area contributed by atoms with Crippen LogP contribution < -0.4 is 5.32 Å². The molecule has 1 aliphatic heterocycles. The molecule has 1 spiro atoms. The summed E-state index contributed by atoms with van der Waals surface area (Å²) in [5.74, 6) is -0.901. The Morgan fingerprint density at radius 2 is 2.03 bits per heavy atom. The summed E-state index contributed by atoms with van der Waals surface area (Å²) in [6, 6.07) is 0.235. The van der Waals surface area contributed by atoms with E-state index in [0.717, 1.165) is 66.6 Å². The molecule has 2 saturated carbocycles. The molecule has 5 rings (SSSR count). The van der Waals surface area contributed by atoms with Gasteiger partial charge in [0.25, 0.3) is 0 Å². The fourth-order valence-electron chi connectivity index (χ4n) is 5.27. The van der Waals surface area contributed by atoms with Gasteiger partial charge in [0.2, 0.25) is 0 Å². The van der Waals surface area contributed by atoms with Crippen LogP contribution in [-0.4, -0.2) is 43.2 Å². The first kappa shape index (κ1) is 19.3. The summed E-state index contributed by atoms with van der Waals surface area (Å²) < 4.78 is 1.90. The minimum Gasteiger partial charge on any atom is -0.481 e. The van der Waals surface area contributed by atoms with E-state index in [1.165, 1.54) is 12.8 Å². The SMILES string of the molecule is CCn1ncc2c(NC3CCC(C(=O)O)CC3)c(C3=NOC4(CCCC4)C3)cnc21. The first-order valence-corrected chi connectivity index (χ1v) is 11.2. The number of nitrogens with one attached hydrogen (secondary N) is 1. The molecule has 3 aliphatic rings. The number of carbonyl (C=O) groups is 1. The van der Waals surface area contributed by atoms with Crippen LogP contribution in [0.3, 0.4) is 0 Å². The molecule has 8 heteroatoms. The van der Waals surface area contributed by atoms with Gasteiger partial charge in [-0.3, -0.25) is 4.79 Å². The van der Waals surface area contributed by atoms with E-state index < -0.39 is 5.97 Å². The highest BCUT2D eigenvalue weighted by atomic mass is 16.7. The zero-order chi connectivity index (χ0) is 20.7. The highest BCUT2D eigenvalue weighted by Gasteiger charge is 2.42. The zero-order valence-electron chi connectivity index (χ0n) is 17.4. The highest BCUT2D eigenvalue weighted by molar-refractivity contribution is 6.10. The molecule has 2 N–H and O–H groups in total. The summed E-state index contributed by atoms with van der Waals surface area (Å²) in [6.45, 7) is 2.81. The first-order valence-electron chi connectivity index (χ1n) is 11.2. The summed E-state index contributed by atoms with van der Waals surface area (Å²) in [5, 5.41) is 23.0. The van der Waals surface area contributed by atoms with Crippen molar-refractivity contribution in [2.75, 3.05) is 5.32 Å². The largest absolute Gasteiger partial charge is 0.481 e. The molecule has 0 radical (unpaired) electrons. The Morgan fingerprint density at radius 1 is 1.27 bits per heavy atom. The Hall–Kier alpha value is -2.64. The van der Waals surface area contributed by atoms with E-state index in [2.05, 4.69) is 22.5 Å². The predicted molar refractivity (Wildman–Crippen MR) is 114 cm³/mol. The summed E-state index contributed by atoms with van der Waals surface area (Å²) in [4.78, 5) is 22.0. The third-order valence-corrected chi connectivity index (χ3v) is 7.06. The van der Waals surface area contributed by atoms with Crippen LogP contribution in [0.1, 0.15) is 70.3 Å². The molecule has 160 valence electrons. The Balaban J connectivity index is 1.46. The number of carboxylic acid groups (broad SMARTS) is 1. The van der Waals surface area contributed by atoms with Crippen LogP contribution in [0.2, 0.25) is 0 Å². The van der Waals surface area contributed by atoms with Crippen LogP contribution in [0.5, 0.6) is 0 Å². The number of rotatable bonds is 5. The van der Waals surface area contributed by atoms with Crippen molar-refractivity contribution < 1.29 is 14.7 Å². The molecule has 0 unspecified atom stereocenters. The number of pyridine rings is 1. The summed E-state index contributed by atoms with van der Waals surface area (Å²) in [6.07, 6.45) is 12.2. The second-order valence-electron chi connectivity index (χ2n) is 8.97. The standard InChI is InChI=1S/C22H29N5O3/c1-2-27-20-17(13-24-27)19(25-15-7-5-14(6-8-15)21(28)29)16(12-23-20)18-11-22(30-26-18)9-3-4-10-22/h12-15H,2-11H2,1H3,(H,23,25)(H,28,29). The van der Waals surface area contributed by atoms with E-state index in [4.69, 9.17) is 9.82 Å². The second kappa shape index (κ2) is 7.56. The number of hydrogen-bond acceptors (Lipinski definition) is 6. The fraction of sp³-hybridized carbons (Fsp3) is 0.636. The Morgan fingerprint density at radius 3 is 2.73 bits per heavy atom. The van der Waals surface area contributed by atoms with Gasteiger partial charge in [-0.1, -0.05) is 5.16 Å². The lowest BCUT2D eigenvalue weighted by Gasteiger charge is -2.28. The Bertz CT molecular complexity index is 984. The van der Waals surface area contributed by atoms with Gasteiger partial charge >= 0.3 is 5.97 Å². The molecular weight excluding hydrogens is 382 g/mol. The van der Waals surface area contributed by atoms with Gasteiger partial charge in [0.15, 0.2) is 5.65 Å². The van der Waals surface area contributed by atoms with Gasteiger partial charge < -0.3 is 15.3 Å². The van der Waals surface area contributed by atoms with Crippen molar-refractivity contribution in [1.29, 1.82) is 0 Å². The van der Waals surface area contributed by atoms with Crippen LogP contribution in [0.4, 0.5) is 5.69 Å². The maximum Gasteiger partial charge on any atom is 0.306 e. The third kappa shape index (κ3) is 3.32. The quantitative estimate of drug-likeness (QED) is 0.773. The van der Waals surface area contributed by atoms with Gasteiger partial charge in [-0.2, -0.15) is 5.10 Å². The van der Waals surface area contributed by atoms with Gasteiger partial charge in [0, 0.05) is 30.8 Å². The van der Waals surface area contributed by atoms with Crippen LogP contribution >= 0.6 is 0 Å². The van der Waals surface area contributed by atoms with E-state index >= 15 is 0 Å². The molecule has 30 heavy (non-hydrogen) atoms. The average Bonchev–Trinajstić information content (AvgIpc) is 3.49.